The van der Waals surface area contributed by atoms with Gasteiger partial charge in [0.2, 0.25) is 0 Å². The van der Waals surface area contributed by atoms with E-state index in [1.807, 2.05) is 0 Å². The topological polar surface area (TPSA) is 29.5 Å². The fourth-order valence-electron chi connectivity index (χ4n) is 6.53. The SMILES string of the molecule is CCCCCCC(CCC)CN(CC(CCC)CCCCCC)C(=O)OCc1c2ccccc2cc2ccccc12. The molecule has 0 aliphatic rings. The summed E-state index contributed by atoms with van der Waals surface area (Å²) < 4.78 is 6.24. The summed E-state index contributed by atoms with van der Waals surface area (Å²) in [6, 6.07) is 19.2. The molecule has 226 valence electrons. The van der Waals surface area contributed by atoms with E-state index in [1.54, 1.807) is 0 Å². The largest absolute Gasteiger partial charge is 0.444 e. The van der Waals surface area contributed by atoms with Crippen molar-refractivity contribution in [2.75, 3.05) is 13.1 Å². The van der Waals surface area contributed by atoms with Gasteiger partial charge in [0.1, 0.15) is 6.61 Å². The number of hydrogen-bond acceptors (Lipinski definition) is 2. The Labute approximate surface area is 251 Å². The van der Waals surface area contributed by atoms with Gasteiger partial charge in [-0.05, 0) is 65.1 Å². The van der Waals surface area contributed by atoms with E-state index >= 15 is 0 Å². The van der Waals surface area contributed by atoms with E-state index in [9.17, 15) is 4.79 Å². The molecule has 0 saturated heterocycles. The third-order valence-electron chi connectivity index (χ3n) is 8.76. The lowest BCUT2D eigenvalue weighted by atomic mass is 9.93. The fraction of sp³-hybridized carbons (Fsp3) is 0.605. The molecule has 0 aliphatic heterocycles. The van der Waals surface area contributed by atoms with E-state index in [0.29, 0.717) is 18.4 Å². The Bertz CT molecular complexity index is 1080. The zero-order chi connectivity index (χ0) is 29.3. The smallest absolute Gasteiger partial charge is 0.410 e. The molecule has 0 aromatic heterocycles. The van der Waals surface area contributed by atoms with Crippen LogP contribution in [0.1, 0.15) is 123 Å². The molecule has 0 saturated carbocycles. The van der Waals surface area contributed by atoms with Crippen molar-refractivity contribution in [3.63, 3.8) is 0 Å². The minimum absolute atomic E-state index is 0.133. The van der Waals surface area contributed by atoms with Crippen LogP contribution in [-0.2, 0) is 11.3 Å². The third kappa shape index (κ3) is 10.7. The first-order chi connectivity index (χ1) is 20.1. The second kappa shape index (κ2) is 18.8. The molecule has 3 heteroatoms. The first kappa shape index (κ1) is 33.0. The summed E-state index contributed by atoms with van der Waals surface area (Å²) in [4.78, 5) is 16.0. The highest BCUT2D eigenvalue weighted by Crippen LogP contribution is 2.30. The van der Waals surface area contributed by atoms with Crippen LogP contribution in [0.4, 0.5) is 4.79 Å². The number of ether oxygens (including phenoxy) is 1. The maximum Gasteiger partial charge on any atom is 0.410 e. The number of unbranched alkanes of at least 4 members (excludes halogenated alkanes) is 6. The average Bonchev–Trinajstić information content (AvgIpc) is 2.99. The monoisotopic (exact) mass is 559 g/mol. The van der Waals surface area contributed by atoms with Gasteiger partial charge in [0.05, 0.1) is 0 Å². The van der Waals surface area contributed by atoms with Crippen molar-refractivity contribution in [2.45, 2.75) is 124 Å². The van der Waals surface area contributed by atoms with Crippen LogP contribution in [0.5, 0.6) is 0 Å². The molecule has 41 heavy (non-hydrogen) atoms. The van der Waals surface area contributed by atoms with Crippen molar-refractivity contribution in [3.8, 4) is 0 Å². The van der Waals surface area contributed by atoms with E-state index in [1.165, 1.54) is 111 Å². The molecule has 3 aromatic rings. The fourth-order valence-corrected chi connectivity index (χ4v) is 6.53. The number of benzene rings is 3. The van der Waals surface area contributed by atoms with Crippen LogP contribution in [0.2, 0.25) is 0 Å². The van der Waals surface area contributed by atoms with E-state index < -0.39 is 0 Å². The Morgan fingerprint density at radius 2 is 1.12 bits per heavy atom. The van der Waals surface area contributed by atoms with E-state index in [-0.39, 0.29) is 6.09 Å². The molecule has 3 rings (SSSR count). The van der Waals surface area contributed by atoms with Gasteiger partial charge in [-0.2, -0.15) is 0 Å². The molecule has 0 radical (unpaired) electrons. The quantitative estimate of drug-likeness (QED) is 0.102. The predicted octanol–water partition coefficient (Wildman–Crippen LogP) is 11.7. The number of carbonyl (C=O) groups excluding carboxylic acids is 1. The summed E-state index contributed by atoms with van der Waals surface area (Å²) in [6.45, 7) is 11.1. The minimum atomic E-state index is -0.133. The standard InChI is InChI=1S/C38H57NO2/c1-5-9-11-13-21-31(19-7-3)28-39(29-32(20-8-4)22-14-12-10-6-2)38(40)41-30-37-35-25-17-15-23-33(35)27-34-24-16-18-26-36(34)37/h15-18,23-27,31-32H,5-14,19-22,28-30H2,1-4H3. The molecule has 2 atom stereocenters. The Morgan fingerprint density at radius 1 is 0.634 bits per heavy atom. The number of fused-ring (bicyclic) bond motifs is 2. The molecule has 0 fully saturated rings. The van der Waals surface area contributed by atoms with Crippen molar-refractivity contribution >= 4 is 27.6 Å². The lowest BCUT2D eigenvalue weighted by Crippen LogP contribution is -2.39. The van der Waals surface area contributed by atoms with Gasteiger partial charge >= 0.3 is 6.09 Å². The Kier molecular flexibility index (Phi) is 15.1. The van der Waals surface area contributed by atoms with Gasteiger partial charge in [-0.15, -0.1) is 0 Å². The van der Waals surface area contributed by atoms with Gasteiger partial charge in [-0.1, -0.05) is 140 Å². The molecular formula is C38H57NO2. The molecule has 0 bridgehead atoms. The summed E-state index contributed by atoms with van der Waals surface area (Å²) in [5.41, 5.74) is 1.11. The lowest BCUT2D eigenvalue weighted by molar-refractivity contribution is 0.0808. The predicted molar refractivity (Wildman–Crippen MR) is 178 cm³/mol. The number of amides is 1. The third-order valence-corrected chi connectivity index (χ3v) is 8.76. The summed E-state index contributed by atoms with van der Waals surface area (Å²) >= 11 is 0. The van der Waals surface area contributed by atoms with Crippen molar-refractivity contribution < 1.29 is 9.53 Å². The lowest BCUT2D eigenvalue weighted by Gasteiger charge is -2.31. The van der Waals surface area contributed by atoms with Crippen LogP contribution in [0.3, 0.4) is 0 Å². The van der Waals surface area contributed by atoms with Crippen LogP contribution < -0.4 is 0 Å². The van der Waals surface area contributed by atoms with Crippen LogP contribution in [0.25, 0.3) is 21.5 Å². The molecule has 2 unspecified atom stereocenters. The zero-order valence-electron chi connectivity index (χ0n) is 26.6. The molecule has 1 amide bonds. The van der Waals surface area contributed by atoms with Gasteiger partial charge in [0, 0.05) is 18.7 Å². The zero-order valence-corrected chi connectivity index (χ0v) is 26.6. The van der Waals surface area contributed by atoms with E-state index in [2.05, 4.69) is 87.2 Å². The van der Waals surface area contributed by atoms with E-state index in [4.69, 9.17) is 4.74 Å². The summed E-state index contributed by atoms with van der Waals surface area (Å²) in [5.74, 6) is 1.09. The van der Waals surface area contributed by atoms with Crippen LogP contribution in [0.15, 0.2) is 54.6 Å². The summed E-state index contributed by atoms with van der Waals surface area (Å²) in [6.07, 6.45) is 17.2. The van der Waals surface area contributed by atoms with Crippen LogP contribution >= 0.6 is 0 Å². The molecule has 0 spiro atoms. The van der Waals surface area contributed by atoms with Crippen LogP contribution in [0, 0.1) is 11.8 Å². The molecular weight excluding hydrogens is 502 g/mol. The number of hydrogen-bond donors (Lipinski definition) is 0. The van der Waals surface area contributed by atoms with Gasteiger partial charge in [0.15, 0.2) is 0 Å². The van der Waals surface area contributed by atoms with Gasteiger partial charge in [-0.25, -0.2) is 4.79 Å². The van der Waals surface area contributed by atoms with Crippen molar-refractivity contribution in [3.05, 3.63) is 60.2 Å². The van der Waals surface area contributed by atoms with Crippen molar-refractivity contribution in [1.82, 2.24) is 4.90 Å². The molecule has 3 nitrogen and oxygen atoms in total. The normalized spacial score (nSPS) is 13.0. The number of rotatable bonds is 20. The van der Waals surface area contributed by atoms with Crippen molar-refractivity contribution in [2.24, 2.45) is 11.8 Å². The first-order valence-electron chi connectivity index (χ1n) is 16.9. The minimum Gasteiger partial charge on any atom is -0.444 e. The van der Waals surface area contributed by atoms with Crippen LogP contribution in [-0.4, -0.2) is 24.1 Å². The highest BCUT2D eigenvalue weighted by molar-refractivity contribution is 6.02. The van der Waals surface area contributed by atoms with Crippen molar-refractivity contribution in [1.29, 1.82) is 0 Å². The Balaban J connectivity index is 1.80. The molecule has 0 heterocycles. The van der Waals surface area contributed by atoms with E-state index in [0.717, 1.165) is 18.7 Å². The van der Waals surface area contributed by atoms with Gasteiger partial charge < -0.3 is 9.64 Å². The molecule has 0 aliphatic carbocycles. The Morgan fingerprint density at radius 3 is 1.59 bits per heavy atom. The number of nitrogens with zero attached hydrogens (tertiary/aromatic N) is 1. The molecule has 0 N–H and O–H groups in total. The highest BCUT2D eigenvalue weighted by atomic mass is 16.6. The number of carbonyl (C=O) groups is 1. The van der Waals surface area contributed by atoms with Gasteiger partial charge in [-0.3, -0.25) is 0 Å². The Hall–Kier alpha value is -2.55. The maximum absolute atomic E-state index is 13.9. The second-order valence-corrected chi connectivity index (χ2v) is 12.3. The summed E-state index contributed by atoms with van der Waals surface area (Å²) in [7, 11) is 0. The first-order valence-corrected chi connectivity index (χ1v) is 16.9. The second-order valence-electron chi connectivity index (χ2n) is 12.3. The average molecular weight is 560 g/mol. The summed E-state index contributed by atoms with van der Waals surface area (Å²) in [5, 5.41) is 4.73. The van der Waals surface area contributed by atoms with Gasteiger partial charge in [0.25, 0.3) is 0 Å². The molecule has 3 aromatic carbocycles. The highest BCUT2D eigenvalue weighted by Gasteiger charge is 2.24. The maximum atomic E-state index is 13.9.